The third-order valence-electron chi connectivity index (χ3n) is 5.40. The number of hydrogen-bond acceptors (Lipinski definition) is 4. The average molecular weight is 502 g/mol. The van der Waals surface area contributed by atoms with Crippen LogP contribution in [0.1, 0.15) is 39.6 Å². The Morgan fingerprint density at radius 3 is 2.14 bits per heavy atom. The predicted molar refractivity (Wildman–Crippen MR) is 127 cm³/mol. The third-order valence-corrected chi connectivity index (χ3v) is 5.40. The summed E-state index contributed by atoms with van der Waals surface area (Å²) in [5.41, 5.74) is 0.979. The topological polar surface area (TPSA) is 66.1 Å². The van der Waals surface area contributed by atoms with Crippen LogP contribution in [0.25, 0.3) is 0 Å². The van der Waals surface area contributed by atoms with Crippen LogP contribution in [0.4, 0.5) is 17.6 Å². The van der Waals surface area contributed by atoms with Crippen LogP contribution in [0.2, 0.25) is 0 Å². The molecule has 0 radical (unpaired) electrons. The lowest BCUT2D eigenvalue weighted by atomic mass is 9.99. The Labute approximate surface area is 210 Å². The number of pyridine rings is 1. The zero-order chi connectivity index (χ0) is 26.4. The largest absolute Gasteiger partial charge is 0.489 e. The van der Waals surface area contributed by atoms with Gasteiger partial charge in [0.05, 0.1) is 11.6 Å². The maximum absolute atomic E-state index is 14.7. The number of aliphatic hydroxyl groups excluding tert-OH is 1. The molecule has 0 amide bonds. The molecule has 1 N–H and O–H groups in total. The summed E-state index contributed by atoms with van der Waals surface area (Å²) in [5.74, 6) is 0.198. The molecule has 3 aromatic carbocycles. The van der Waals surface area contributed by atoms with E-state index in [0.29, 0.717) is 35.1 Å². The number of aliphatic hydroxyl groups is 1. The van der Waals surface area contributed by atoms with Crippen molar-refractivity contribution in [3.8, 4) is 23.7 Å². The van der Waals surface area contributed by atoms with Crippen molar-refractivity contribution < 1.29 is 27.4 Å². The first-order chi connectivity index (χ1) is 17.8. The number of nitriles is 1. The van der Waals surface area contributed by atoms with Gasteiger partial charge in [-0.3, -0.25) is 4.98 Å². The number of ether oxygens (including phenoxy) is 1. The summed E-state index contributed by atoms with van der Waals surface area (Å²) in [6, 6.07) is 20.4. The van der Waals surface area contributed by atoms with Gasteiger partial charge < -0.3 is 9.84 Å². The molecular weight excluding hydrogens is 484 g/mol. The van der Waals surface area contributed by atoms with E-state index in [0.717, 1.165) is 30.0 Å². The second-order valence-corrected chi connectivity index (χ2v) is 8.00. The highest BCUT2D eigenvalue weighted by Crippen LogP contribution is 2.40. The van der Waals surface area contributed by atoms with E-state index in [1.165, 1.54) is 6.07 Å². The number of rotatable bonds is 6. The Bertz CT molecular complexity index is 1490. The highest BCUT2D eigenvalue weighted by molar-refractivity contribution is 5.44. The fourth-order valence-corrected chi connectivity index (χ4v) is 3.34. The van der Waals surface area contributed by atoms with Crippen molar-refractivity contribution in [3.05, 3.63) is 130 Å². The maximum atomic E-state index is 14.7. The number of benzene rings is 3. The van der Waals surface area contributed by atoms with Crippen LogP contribution >= 0.6 is 0 Å². The molecule has 1 heterocycles. The normalized spacial score (nSPS) is 11.7. The van der Waals surface area contributed by atoms with Crippen molar-refractivity contribution in [3.63, 3.8) is 0 Å². The first kappa shape index (κ1) is 25.4. The summed E-state index contributed by atoms with van der Waals surface area (Å²) in [4.78, 5) is 3.69. The maximum Gasteiger partial charge on any atom is 0.319 e. The smallest absolute Gasteiger partial charge is 0.319 e. The fourth-order valence-electron chi connectivity index (χ4n) is 3.34. The molecule has 0 aliphatic rings. The number of hydrogen-bond donors (Lipinski definition) is 1. The first-order valence-corrected chi connectivity index (χ1v) is 11.0. The van der Waals surface area contributed by atoms with Crippen molar-refractivity contribution in [2.45, 2.75) is 18.6 Å². The van der Waals surface area contributed by atoms with E-state index in [-0.39, 0.29) is 0 Å². The molecule has 37 heavy (non-hydrogen) atoms. The summed E-state index contributed by atoms with van der Waals surface area (Å²) in [6.07, 6.45) is -1.42. The lowest BCUT2D eigenvalue weighted by Gasteiger charge is -2.22. The van der Waals surface area contributed by atoms with Gasteiger partial charge in [0.1, 0.15) is 29.7 Å². The summed E-state index contributed by atoms with van der Waals surface area (Å²) in [6.45, 7) is 0.335. The van der Waals surface area contributed by atoms with Crippen molar-refractivity contribution in [2.24, 2.45) is 0 Å². The number of halogens is 4. The molecule has 184 valence electrons. The van der Waals surface area contributed by atoms with Crippen molar-refractivity contribution in [1.82, 2.24) is 4.98 Å². The lowest BCUT2D eigenvalue weighted by Crippen LogP contribution is -2.26. The zero-order valence-corrected chi connectivity index (χ0v) is 19.1. The molecule has 8 heteroatoms. The minimum absolute atomic E-state index is 0.335. The van der Waals surface area contributed by atoms with Gasteiger partial charge >= 0.3 is 5.92 Å². The predicted octanol–water partition coefficient (Wildman–Crippen LogP) is 6.04. The highest BCUT2D eigenvalue weighted by atomic mass is 19.3. The molecule has 0 saturated carbocycles. The minimum atomic E-state index is -3.92. The van der Waals surface area contributed by atoms with Gasteiger partial charge in [-0.2, -0.15) is 14.0 Å². The lowest BCUT2D eigenvalue weighted by molar-refractivity contribution is -0.122. The SMILES string of the molecule is N#Cc1ccc(COc2ccc(C#Cc3ccc(C(F)(F)[C@H](O)c4ccc(F)cc4F)nc3)cc2)cc1. The highest BCUT2D eigenvalue weighted by Gasteiger charge is 2.44. The standard InChI is InChI=1S/C29H18F4N2O2/c30-23-10-13-25(26(31)15-23)28(36)29(32,33)27-14-9-21(17-35-27)4-1-19-7-11-24(12-8-19)37-18-22-5-2-20(16-34)3-6-22/h2-3,5-15,17,28,36H,18H2/t28-/m1/s1. The summed E-state index contributed by atoms with van der Waals surface area (Å²) in [5, 5.41) is 18.9. The Kier molecular flexibility index (Phi) is 7.52. The molecule has 0 bridgehead atoms. The van der Waals surface area contributed by atoms with Crippen molar-refractivity contribution >= 4 is 0 Å². The van der Waals surface area contributed by atoms with Crippen molar-refractivity contribution in [1.29, 1.82) is 5.26 Å². The molecule has 4 rings (SSSR count). The molecule has 4 nitrogen and oxygen atoms in total. The summed E-state index contributed by atoms with van der Waals surface area (Å²) < 4.78 is 62.0. The van der Waals surface area contributed by atoms with E-state index in [2.05, 4.69) is 22.9 Å². The van der Waals surface area contributed by atoms with E-state index in [1.807, 2.05) is 12.1 Å². The quantitative estimate of drug-likeness (QED) is 0.258. The van der Waals surface area contributed by atoms with Gasteiger partial charge in [-0.15, -0.1) is 0 Å². The van der Waals surface area contributed by atoms with E-state index in [4.69, 9.17) is 10.00 Å². The monoisotopic (exact) mass is 502 g/mol. The van der Waals surface area contributed by atoms with Crippen LogP contribution in [-0.4, -0.2) is 10.1 Å². The molecule has 0 fully saturated rings. The van der Waals surface area contributed by atoms with Gasteiger partial charge in [-0.1, -0.05) is 30.0 Å². The second kappa shape index (κ2) is 10.9. The van der Waals surface area contributed by atoms with E-state index in [1.54, 1.807) is 36.4 Å². The van der Waals surface area contributed by atoms with Crippen LogP contribution in [0.3, 0.4) is 0 Å². The van der Waals surface area contributed by atoms with E-state index in [9.17, 15) is 22.7 Å². The zero-order valence-electron chi connectivity index (χ0n) is 19.1. The number of alkyl halides is 2. The van der Waals surface area contributed by atoms with Gasteiger partial charge in [0, 0.05) is 29.0 Å². The Hall–Kier alpha value is -4.66. The Balaban J connectivity index is 1.39. The molecule has 0 saturated heterocycles. The average Bonchev–Trinajstić information content (AvgIpc) is 2.91. The first-order valence-electron chi connectivity index (χ1n) is 11.0. The third kappa shape index (κ3) is 6.13. The van der Waals surface area contributed by atoms with Crippen LogP contribution in [0.5, 0.6) is 5.75 Å². The van der Waals surface area contributed by atoms with Gasteiger partial charge in [-0.05, 0) is 60.2 Å². The molecule has 0 aliphatic heterocycles. The molecule has 0 unspecified atom stereocenters. The summed E-state index contributed by atoms with van der Waals surface area (Å²) in [7, 11) is 0. The van der Waals surface area contributed by atoms with Crippen LogP contribution in [0.15, 0.2) is 85.1 Å². The molecule has 1 atom stereocenters. The van der Waals surface area contributed by atoms with E-state index >= 15 is 0 Å². The molecule has 0 aliphatic carbocycles. The summed E-state index contributed by atoms with van der Waals surface area (Å²) >= 11 is 0. The van der Waals surface area contributed by atoms with Crippen LogP contribution in [0, 0.1) is 34.8 Å². The fraction of sp³-hybridized carbons (Fsp3) is 0.103. The van der Waals surface area contributed by atoms with Crippen LogP contribution < -0.4 is 4.74 Å². The Morgan fingerprint density at radius 1 is 0.865 bits per heavy atom. The van der Waals surface area contributed by atoms with Crippen LogP contribution in [-0.2, 0) is 12.5 Å². The van der Waals surface area contributed by atoms with Crippen molar-refractivity contribution in [2.75, 3.05) is 0 Å². The second-order valence-electron chi connectivity index (χ2n) is 8.00. The number of nitrogens with zero attached hydrogens (tertiary/aromatic N) is 2. The Morgan fingerprint density at radius 2 is 1.51 bits per heavy atom. The van der Waals surface area contributed by atoms with Gasteiger partial charge in [-0.25, -0.2) is 8.78 Å². The minimum Gasteiger partial charge on any atom is -0.489 e. The van der Waals surface area contributed by atoms with E-state index < -0.39 is 34.9 Å². The van der Waals surface area contributed by atoms with Gasteiger partial charge in [0.25, 0.3) is 0 Å². The molecular formula is C29H18F4N2O2. The van der Waals surface area contributed by atoms with Gasteiger partial charge in [0.2, 0.25) is 0 Å². The number of aromatic nitrogens is 1. The molecule has 1 aromatic heterocycles. The molecule has 0 spiro atoms. The molecule has 4 aromatic rings. The van der Waals surface area contributed by atoms with Gasteiger partial charge in [0.15, 0.2) is 6.10 Å².